The lowest BCUT2D eigenvalue weighted by Crippen LogP contribution is -2.32. The van der Waals surface area contributed by atoms with Crippen LogP contribution in [0.1, 0.15) is 26.7 Å². The summed E-state index contributed by atoms with van der Waals surface area (Å²) >= 11 is 0. The number of hydrogen-bond donors (Lipinski definition) is 1. The number of rotatable bonds is 4. The van der Waals surface area contributed by atoms with Gasteiger partial charge in [-0.3, -0.25) is 4.98 Å². The van der Waals surface area contributed by atoms with Crippen molar-refractivity contribution in [1.29, 1.82) is 0 Å². The van der Waals surface area contributed by atoms with Crippen LogP contribution in [0.15, 0.2) is 30.5 Å². The quantitative estimate of drug-likeness (QED) is 0.851. The van der Waals surface area contributed by atoms with Gasteiger partial charge >= 0.3 is 0 Å². The Bertz CT molecular complexity index is 588. The Morgan fingerprint density at radius 1 is 1.32 bits per heavy atom. The highest BCUT2D eigenvalue weighted by atomic mass is 15.2. The molecule has 2 N–H and O–H groups in total. The maximum Gasteiger partial charge on any atom is 0.0743 e. The van der Waals surface area contributed by atoms with Gasteiger partial charge in [-0.1, -0.05) is 0 Å². The molecular weight excluding hydrogens is 234 g/mol. The summed E-state index contributed by atoms with van der Waals surface area (Å²) in [6, 6.07) is 8.64. The van der Waals surface area contributed by atoms with Crippen molar-refractivity contribution in [1.82, 2.24) is 4.98 Å². The van der Waals surface area contributed by atoms with E-state index in [-0.39, 0.29) is 0 Å². The predicted octanol–water partition coefficient (Wildman–Crippen LogP) is 3.44. The monoisotopic (exact) mass is 255 g/mol. The SMILES string of the molecule is CC(C)N(CC1CC1)c1ccnc2cc(N)ccc12. The van der Waals surface area contributed by atoms with Crippen molar-refractivity contribution in [2.24, 2.45) is 5.92 Å². The molecule has 0 atom stereocenters. The van der Waals surface area contributed by atoms with Gasteiger partial charge in [0.2, 0.25) is 0 Å². The van der Waals surface area contributed by atoms with Crippen molar-refractivity contribution in [2.45, 2.75) is 32.7 Å². The van der Waals surface area contributed by atoms with Gasteiger partial charge in [-0.15, -0.1) is 0 Å². The summed E-state index contributed by atoms with van der Waals surface area (Å²) < 4.78 is 0. The molecule has 1 heterocycles. The highest BCUT2D eigenvalue weighted by Gasteiger charge is 2.26. The van der Waals surface area contributed by atoms with E-state index in [9.17, 15) is 0 Å². The van der Waals surface area contributed by atoms with E-state index < -0.39 is 0 Å². The van der Waals surface area contributed by atoms with E-state index in [1.807, 2.05) is 18.3 Å². The van der Waals surface area contributed by atoms with E-state index in [0.29, 0.717) is 6.04 Å². The van der Waals surface area contributed by atoms with Crippen molar-refractivity contribution in [3.63, 3.8) is 0 Å². The van der Waals surface area contributed by atoms with Gasteiger partial charge < -0.3 is 10.6 Å². The van der Waals surface area contributed by atoms with Crippen molar-refractivity contribution in [3.8, 4) is 0 Å². The molecule has 1 aromatic heterocycles. The van der Waals surface area contributed by atoms with E-state index in [0.717, 1.165) is 23.7 Å². The van der Waals surface area contributed by atoms with E-state index in [1.165, 1.54) is 23.9 Å². The molecule has 3 heteroatoms. The topological polar surface area (TPSA) is 42.2 Å². The second-order valence-corrected chi connectivity index (χ2v) is 5.80. The predicted molar refractivity (Wildman–Crippen MR) is 81.4 cm³/mol. The summed E-state index contributed by atoms with van der Waals surface area (Å²) in [5, 5.41) is 1.20. The van der Waals surface area contributed by atoms with Crippen LogP contribution in [0.25, 0.3) is 10.9 Å². The molecule has 3 rings (SSSR count). The van der Waals surface area contributed by atoms with E-state index in [4.69, 9.17) is 5.73 Å². The molecule has 19 heavy (non-hydrogen) atoms. The zero-order chi connectivity index (χ0) is 13.4. The lowest BCUT2D eigenvalue weighted by Gasteiger charge is -2.30. The zero-order valence-electron chi connectivity index (χ0n) is 11.6. The minimum atomic E-state index is 0.503. The lowest BCUT2D eigenvalue weighted by atomic mass is 10.1. The van der Waals surface area contributed by atoms with Gasteiger partial charge in [-0.25, -0.2) is 0 Å². The fourth-order valence-corrected chi connectivity index (χ4v) is 2.57. The fraction of sp³-hybridized carbons (Fsp3) is 0.438. The number of pyridine rings is 1. The molecule has 0 unspecified atom stereocenters. The Kier molecular flexibility index (Phi) is 3.05. The molecule has 2 aromatic rings. The molecule has 100 valence electrons. The summed E-state index contributed by atoms with van der Waals surface area (Å²) in [6.45, 7) is 5.67. The molecule has 0 radical (unpaired) electrons. The molecule has 3 nitrogen and oxygen atoms in total. The largest absolute Gasteiger partial charge is 0.399 e. The van der Waals surface area contributed by atoms with Crippen LogP contribution in [0.4, 0.5) is 11.4 Å². The van der Waals surface area contributed by atoms with Crippen LogP contribution in [0.3, 0.4) is 0 Å². The van der Waals surface area contributed by atoms with Crippen LogP contribution in [-0.4, -0.2) is 17.6 Å². The minimum absolute atomic E-state index is 0.503. The van der Waals surface area contributed by atoms with Crippen LogP contribution in [0.5, 0.6) is 0 Å². The summed E-state index contributed by atoms with van der Waals surface area (Å²) in [6.07, 6.45) is 4.64. The molecule has 0 spiro atoms. The maximum absolute atomic E-state index is 5.85. The van der Waals surface area contributed by atoms with Crippen molar-refractivity contribution in [2.75, 3.05) is 17.2 Å². The van der Waals surface area contributed by atoms with Crippen molar-refractivity contribution >= 4 is 22.3 Å². The second kappa shape index (κ2) is 4.72. The highest BCUT2D eigenvalue weighted by molar-refractivity contribution is 5.93. The summed E-state index contributed by atoms with van der Waals surface area (Å²) in [5.74, 6) is 0.874. The van der Waals surface area contributed by atoms with Gasteiger partial charge in [-0.05, 0) is 56.9 Å². The fourth-order valence-electron chi connectivity index (χ4n) is 2.57. The highest BCUT2D eigenvalue weighted by Crippen LogP contribution is 2.34. The number of nitrogen functional groups attached to an aromatic ring is 1. The van der Waals surface area contributed by atoms with E-state index >= 15 is 0 Å². The normalized spacial score (nSPS) is 15.1. The standard InChI is InChI=1S/C16H21N3/c1-11(2)19(10-12-3-4-12)16-7-8-18-15-9-13(17)5-6-14(15)16/h5-9,11-12H,3-4,10,17H2,1-2H3. The summed E-state index contributed by atoms with van der Waals surface area (Å²) in [7, 11) is 0. The first-order valence-electron chi connectivity index (χ1n) is 7.06. The number of hydrogen-bond acceptors (Lipinski definition) is 3. The van der Waals surface area contributed by atoms with E-state index in [2.05, 4.69) is 35.9 Å². The van der Waals surface area contributed by atoms with Crippen LogP contribution in [0.2, 0.25) is 0 Å². The van der Waals surface area contributed by atoms with Crippen LogP contribution in [-0.2, 0) is 0 Å². The molecule has 0 bridgehead atoms. The molecule has 0 amide bonds. The van der Waals surface area contributed by atoms with Gasteiger partial charge in [0.1, 0.15) is 0 Å². The molecule has 1 saturated carbocycles. The van der Waals surface area contributed by atoms with Crippen molar-refractivity contribution in [3.05, 3.63) is 30.5 Å². The summed E-state index contributed by atoms with van der Waals surface area (Å²) in [5.41, 5.74) is 8.89. The third kappa shape index (κ3) is 2.50. The molecule has 1 fully saturated rings. The van der Waals surface area contributed by atoms with E-state index in [1.54, 1.807) is 0 Å². The second-order valence-electron chi connectivity index (χ2n) is 5.80. The number of nitrogens with zero attached hydrogens (tertiary/aromatic N) is 2. The average molecular weight is 255 g/mol. The van der Waals surface area contributed by atoms with Gasteiger partial charge in [0.05, 0.1) is 5.52 Å². The van der Waals surface area contributed by atoms with Crippen LogP contribution >= 0.6 is 0 Å². The number of fused-ring (bicyclic) bond motifs is 1. The number of anilines is 2. The molecular formula is C16H21N3. The maximum atomic E-state index is 5.85. The zero-order valence-corrected chi connectivity index (χ0v) is 11.6. The smallest absolute Gasteiger partial charge is 0.0743 e. The first-order chi connectivity index (χ1) is 9.15. The number of nitrogens with two attached hydrogens (primary N) is 1. The summed E-state index contributed by atoms with van der Waals surface area (Å²) in [4.78, 5) is 6.93. The molecule has 0 aliphatic heterocycles. The molecule has 0 saturated heterocycles. The molecule has 1 aliphatic rings. The lowest BCUT2D eigenvalue weighted by molar-refractivity contribution is 0.646. The third-order valence-corrected chi connectivity index (χ3v) is 3.83. The van der Waals surface area contributed by atoms with Crippen molar-refractivity contribution < 1.29 is 0 Å². The average Bonchev–Trinajstić information content (AvgIpc) is 3.18. The first kappa shape index (κ1) is 12.3. The Hall–Kier alpha value is -1.77. The number of aromatic nitrogens is 1. The Balaban J connectivity index is 2.06. The Morgan fingerprint density at radius 3 is 2.79 bits per heavy atom. The third-order valence-electron chi connectivity index (χ3n) is 3.83. The first-order valence-corrected chi connectivity index (χ1v) is 7.06. The van der Waals surface area contributed by atoms with Crippen LogP contribution in [0, 0.1) is 5.92 Å². The van der Waals surface area contributed by atoms with Crippen LogP contribution < -0.4 is 10.6 Å². The van der Waals surface area contributed by atoms with Gasteiger partial charge in [0.25, 0.3) is 0 Å². The molecule has 1 aromatic carbocycles. The van der Waals surface area contributed by atoms with Gasteiger partial charge in [0, 0.05) is 35.5 Å². The molecule has 1 aliphatic carbocycles. The Labute approximate surface area is 114 Å². The number of benzene rings is 1. The van der Waals surface area contributed by atoms with Gasteiger partial charge in [0.15, 0.2) is 0 Å². The Morgan fingerprint density at radius 2 is 2.11 bits per heavy atom. The minimum Gasteiger partial charge on any atom is -0.399 e. The van der Waals surface area contributed by atoms with Gasteiger partial charge in [-0.2, -0.15) is 0 Å².